The van der Waals surface area contributed by atoms with E-state index in [4.69, 9.17) is 0 Å². The smallest absolute Gasteiger partial charge is 0.0647 e. The van der Waals surface area contributed by atoms with E-state index in [1.165, 1.54) is 51.4 Å². The van der Waals surface area contributed by atoms with Crippen molar-refractivity contribution in [3.8, 4) is 0 Å². The molecular formula is C13H28O2. The van der Waals surface area contributed by atoms with Gasteiger partial charge in [0.2, 0.25) is 0 Å². The zero-order valence-corrected chi connectivity index (χ0v) is 10.4. The van der Waals surface area contributed by atoms with Crippen LogP contribution >= 0.6 is 0 Å². The molecule has 1 aliphatic rings. The minimum atomic E-state index is -0.357. The summed E-state index contributed by atoms with van der Waals surface area (Å²) in [6.45, 7) is 4.29. The second-order valence-corrected chi connectivity index (χ2v) is 5.15. The molecule has 0 aromatic carbocycles. The van der Waals surface area contributed by atoms with Crippen LogP contribution in [0, 0.1) is 5.92 Å². The van der Waals surface area contributed by atoms with Gasteiger partial charge in [0.25, 0.3) is 0 Å². The Morgan fingerprint density at radius 3 is 2.53 bits per heavy atom. The molecular weight excluding hydrogens is 188 g/mol. The van der Waals surface area contributed by atoms with Gasteiger partial charge in [-0.05, 0) is 32.1 Å². The summed E-state index contributed by atoms with van der Waals surface area (Å²) in [4.78, 5) is 0. The zero-order valence-electron chi connectivity index (χ0n) is 10.4. The van der Waals surface area contributed by atoms with Gasteiger partial charge in [0, 0.05) is 0 Å². The zero-order chi connectivity index (χ0) is 10.4. The molecule has 2 heteroatoms. The van der Waals surface area contributed by atoms with Crippen LogP contribution in [0.3, 0.4) is 0 Å². The molecule has 15 heavy (non-hydrogen) atoms. The Hall–Kier alpha value is -0.0800. The van der Waals surface area contributed by atoms with Crippen LogP contribution in [0.5, 0.6) is 0 Å². The van der Waals surface area contributed by atoms with Crippen molar-refractivity contribution in [3.63, 3.8) is 0 Å². The lowest BCUT2D eigenvalue weighted by molar-refractivity contribution is -0.0357. The van der Waals surface area contributed by atoms with Crippen LogP contribution in [-0.2, 0) is 0 Å². The second kappa shape index (κ2) is 7.24. The van der Waals surface area contributed by atoms with E-state index in [-0.39, 0.29) is 11.1 Å². The Morgan fingerprint density at radius 1 is 1.20 bits per heavy atom. The van der Waals surface area contributed by atoms with Crippen molar-refractivity contribution in [3.05, 3.63) is 0 Å². The fourth-order valence-electron chi connectivity index (χ4n) is 2.66. The monoisotopic (exact) mass is 216 g/mol. The van der Waals surface area contributed by atoms with E-state index < -0.39 is 0 Å². The SMILES string of the molecule is CCCCCCC1CCCCC1(C)O.O. The van der Waals surface area contributed by atoms with Crippen molar-refractivity contribution in [2.45, 2.75) is 77.2 Å². The highest BCUT2D eigenvalue weighted by molar-refractivity contribution is 4.85. The summed E-state index contributed by atoms with van der Waals surface area (Å²) in [6.07, 6.45) is 11.4. The molecule has 0 bridgehead atoms. The molecule has 1 rings (SSSR count). The van der Waals surface area contributed by atoms with Gasteiger partial charge in [-0.25, -0.2) is 0 Å². The summed E-state index contributed by atoms with van der Waals surface area (Å²) >= 11 is 0. The predicted octanol–water partition coefficient (Wildman–Crippen LogP) is 3.07. The van der Waals surface area contributed by atoms with Gasteiger partial charge in [0.15, 0.2) is 0 Å². The summed E-state index contributed by atoms with van der Waals surface area (Å²) < 4.78 is 0. The van der Waals surface area contributed by atoms with Gasteiger partial charge in [-0.15, -0.1) is 0 Å². The van der Waals surface area contributed by atoms with E-state index in [9.17, 15) is 5.11 Å². The lowest BCUT2D eigenvalue weighted by Gasteiger charge is -2.37. The molecule has 0 aromatic rings. The van der Waals surface area contributed by atoms with Crippen molar-refractivity contribution in [1.29, 1.82) is 0 Å². The van der Waals surface area contributed by atoms with Crippen molar-refractivity contribution in [2.75, 3.05) is 0 Å². The highest BCUT2D eigenvalue weighted by Gasteiger charge is 2.33. The number of aliphatic hydroxyl groups is 1. The van der Waals surface area contributed by atoms with Crippen LogP contribution in [0.2, 0.25) is 0 Å². The van der Waals surface area contributed by atoms with E-state index >= 15 is 0 Å². The predicted molar refractivity (Wildman–Crippen MR) is 65.0 cm³/mol. The summed E-state index contributed by atoms with van der Waals surface area (Å²) in [5, 5.41) is 10.2. The molecule has 1 fully saturated rings. The minimum absolute atomic E-state index is 0. The summed E-state index contributed by atoms with van der Waals surface area (Å²) in [7, 11) is 0. The highest BCUT2D eigenvalue weighted by Crippen LogP contribution is 2.36. The molecule has 2 unspecified atom stereocenters. The standard InChI is InChI=1S/C13H26O.H2O/c1-3-4-5-6-9-12-10-7-8-11-13(12,2)14;/h12,14H,3-11H2,1-2H3;1H2. The van der Waals surface area contributed by atoms with Gasteiger partial charge in [-0.1, -0.05) is 45.4 Å². The van der Waals surface area contributed by atoms with Crippen molar-refractivity contribution >= 4 is 0 Å². The van der Waals surface area contributed by atoms with E-state index in [1.54, 1.807) is 0 Å². The van der Waals surface area contributed by atoms with E-state index in [2.05, 4.69) is 6.92 Å². The van der Waals surface area contributed by atoms with Gasteiger partial charge < -0.3 is 10.6 Å². The van der Waals surface area contributed by atoms with Crippen LogP contribution < -0.4 is 0 Å². The Bertz CT molecular complexity index is 155. The lowest BCUT2D eigenvalue weighted by Crippen LogP contribution is -2.37. The van der Waals surface area contributed by atoms with Crippen LogP contribution in [0.25, 0.3) is 0 Å². The first kappa shape index (κ1) is 14.9. The maximum atomic E-state index is 10.2. The highest BCUT2D eigenvalue weighted by atomic mass is 16.3. The fourth-order valence-corrected chi connectivity index (χ4v) is 2.66. The van der Waals surface area contributed by atoms with Crippen molar-refractivity contribution < 1.29 is 10.6 Å². The topological polar surface area (TPSA) is 51.7 Å². The third kappa shape index (κ3) is 4.98. The van der Waals surface area contributed by atoms with Gasteiger partial charge in [0.05, 0.1) is 5.60 Å². The molecule has 0 aliphatic heterocycles. The number of hydrogen-bond acceptors (Lipinski definition) is 1. The van der Waals surface area contributed by atoms with Crippen molar-refractivity contribution in [1.82, 2.24) is 0 Å². The summed E-state index contributed by atoms with van der Waals surface area (Å²) in [6, 6.07) is 0. The second-order valence-electron chi connectivity index (χ2n) is 5.15. The van der Waals surface area contributed by atoms with Crippen LogP contribution in [0.1, 0.15) is 71.6 Å². The Balaban J connectivity index is 0.00000196. The van der Waals surface area contributed by atoms with Gasteiger partial charge in [-0.2, -0.15) is 0 Å². The Labute approximate surface area is 94.4 Å². The third-order valence-electron chi connectivity index (χ3n) is 3.77. The molecule has 3 N–H and O–H groups in total. The average molecular weight is 216 g/mol. The quantitative estimate of drug-likeness (QED) is 0.705. The first-order valence-electron chi connectivity index (χ1n) is 6.39. The molecule has 1 aliphatic carbocycles. The lowest BCUT2D eigenvalue weighted by atomic mass is 9.74. The first-order valence-corrected chi connectivity index (χ1v) is 6.39. The number of unbranched alkanes of at least 4 members (excludes halogenated alkanes) is 3. The molecule has 2 atom stereocenters. The molecule has 92 valence electrons. The Morgan fingerprint density at radius 2 is 1.93 bits per heavy atom. The average Bonchev–Trinajstić information content (AvgIpc) is 2.14. The number of rotatable bonds is 5. The van der Waals surface area contributed by atoms with Gasteiger partial charge in [0.1, 0.15) is 0 Å². The molecule has 0 heterocycles. The maximum absolute atomic E-state index is 10.2. The van der Waals surface area contributed by atoms with Crippen LogP contribution in [0.4, 0.5) is 0 Å². The molecule has 0 spiro atoms. The molecule has 0 saturated heterocycles. The van der Waals surface area contributed by atoms with Gasteiger partial charge in [-0.3, -0.25) is 0 Å². The summed E-state index contributed by atoms with van der Waals surface area (Å²) in [5.74, 6) is 0.577. The summed E-state index contributed by atoms with van der Waals surface area (Å²) in [5.41, 5.74) is -0.357. The van der Waals surface area contributed by atoms with E-state index in [0.717, 1.165) is 6.42 Å². The third-order valence-corrected chi connectivity index (χ3v) is 3.77. The molecule has 2 nitrogen and oxygen atoms in total. The maximum Gasteiger partial charge on any atom is 0.0647 e. The normalized spacial score (nSPS) is 31.0. The van der Waals surface area contributed by atoms with Gasteiger partial charge >= 0.3 is 0 Å². The molecule has 1 saturated carbocycles. The largest absolute Gasteiger partial charge is 0.412 e. The number of hydrogen-bond donors (Lipinski definition) is 1. The molecule has 0 aromatic heterocycles. The molecule has 0 amide bonds. The van der Waals surface area contributed by atoms with E-state index in [1.807, 2.05) is 6.92 Å². The first-order chi connectivity index (χ1) is 6.67. The fraction of sp³-hybridized carbons (Fsp3) is 1.00. The van der Waals surface area contributed by atoms with Crippen molar-refractivity contribution in [2.24, 2.45) is 5.92 Å². The van der Waals surface area contributed by atoms with Crippen LogP contribution in [0.15, 0.2) is 0 Å². The molecule has 0 radical (unpaired) electrons. The van der Waals surface area contributed by atoms with E-state index in [0.29, 0.717) is 5.92 Å². The minimum Gasteiger partial charge on any atom is -0.412 e. The Kier molecular flexibility index (Phi) is 7.20. The van der Waals surface area contributed by atoms with Crippen LogP contribution in [-0.4, -0.2) is 16.2 Å².